The Hall–Kier alpha value is -4.23. The highest BCUT2D eigenvalue weighted by atomic mass is 19.1. The van der Waals surface area contributed by atoms with Gasteiger partial charge in [0.1, 0.15) is 24.6 Å². The predicted molar refractivity (Wildman–Crippen MR) is 188 cm³/mol. The number of rotatable bonds is 6. The van der Waals surface area contributed by atoms with Crippen molar-refractivity contribution in [2.24, 2.45) is 11.8 Å². The number of cyclic esters (lactones) is 1. The molecule has 2 fully saturated rings. The summed E-state index contributed by atoms with van der Waals surface area (Å²) in [6.07, 6.45) is 7.28. The van der Waals surface area contributed by atoms with E-state index in [0.717, 1.165) is 13.1 Å². The largest absolute Gasteiger partial charge is 0.457 e. The summed E-state index contributed by atoms with van der Waals surface area (Å²) in [5, 5.41) is 14.8. The molecule has 50 heavy (non-hydrogen) atoms. The number of benzene rings is 1. The first-order valence-electron chi connectivity index (χ1n) is 17.6. The predicted octanol–water partition coefficient (Wildman–Crippen LogP) is 3.81. The molecule has 1 N–H and O–H groups in total. The van der Waals surface area contributed by atoms with Crippen molar-refractivity contribution < 1.29 is 33.4 Å². The summed E-state index contributed by atoms with van der Waals surface area (Å²) in [4.78, 5) is 46.6. The Morgan fingerprint density at radius 3 is 2.44 bits per heavy atom. The molecule has 0 saturated carbocycles. The van der Waals surface area contributed by atoms with Crippen molar-refractivity contribution in [3.63, 3.8) is 0 Å². The molecular formula is C37H51FN6O6. The molecule has 5 rings (SSSR count). The van der Waals surface area contributed by atoms with Crippen LogP contribution in [0.5, 0.6) is 0 Å². The number of hydrogen-bond donors (Lipinski definition) is 1. The zero-order valence-corrected chi connectivity index (χ0v) is 29.6. The van der Waals surface area contributed by atoms with Gasteiger partial charge in [-0.1, -0.05) is 26.0 Å². The van der Waals surface area contributed by atoms with Crippen molar-refractivity contribution in [3.05, 3.63) is 65.8 Å². The average Bonchev–Trinajstić information content (AvgIpc) is 3.60. The fraction of sp³-hybridized carbons (Fsp3) is 0.568. The maximum atomic E-state index is 15.0. The van der Waals surface area contributed by atoms with Crippen LogP contribution in [0.15, 0.2) is 54.4 Å². The van der Waals surface area contributed by atoms with E-state index in [0.29, 0.717) is 68.9 Å². The molecule has 2 amide bonds. The van der Waals surface area contributed by atoms with Gasteiger partial charge in [0.05, 0.1) is 12.5 Å². The van der Waals surface area contributed by atoms with Gasteiger partial charge in [0.25, 0.3) is 0 Å². The van der Waals surface area contributed by atoms with Crippen molar-refractivity contribution in [1.29, 1.82) is 0 Å². The van der Waals surface area contributed by atoms with Gasteiger partial charge in [-0.2, -0.15) is 5.10 Å². The van der Waals surface area contributed by atoms with Crippen molar-refractivity contribution in [2.75, 3.05) is 64.3 Å². The molecule has 12 nitrogen and oxygen atoms in total. The first kappa shape index (κ1) is 37.0. The van der Waals surface area contributed by atoms with E-state index >= 15 is 4.39 Å². The van der Waals surface area contributed by atoms with E-state index in [2.05, 4.69) is 14.9 Å². The van der Waals surface area contributed by atoms with Crippen LogP contribution in [0.4, 0.5) is 14.9 Å². The highest BCUT2D eigenvalue weighted by molar-refractivity contribution is 5.76. The highest BCUT2D eigenvalue weighted by Crippen LogP contribution is 2.28. The molecular weight excluding hydrogens is 643 g/mol. The summed E-state index contributed by atoms with van der Waals surface area (Å²) in [5.74, 6) is -1.32. The zero-order chi connectivity index (χ0) is 35.8. The number of halogens is 1. The second kappa shape index (κ2) is 17.1. The Morgan fingerprint density at radius 1 is 1.02 bits per heavy atom. The fourth-order valence-corrected chi connectivity index (χ4v) is 6.68. The van der Waals surface area contributed by atoms with Gasteiger partial charge < -0.3 is 34.2 Å². The Labute approximate surface area is 294 Å². The minimum atomic E-state index is -0.894. The number of carbonyl (C=O) groups is 3. The minimum absolute atomic E-state index is 0.0110. The van der Waals surface area contributed by atoms with Gasteiger partial charge in [0.2, 0.25) is 5.91 Å². The standard InChI is InChI=1S/C37H51FN6O6/c1-26-6-8-32(45)24-35(47)50-36(27(2)7-9-33(26)49-37(48)43-14-12-40(4)13-15-43)28(3)20-29-21-30(38)23-31(22-29)41-16-18-42(19-17-41)34(46)25-44-11-5-10-39-44/h5,7,9-11,20-23,26-27,32-33,36,45H,6,8,12-19,24-25H2,1-4H3/b9-7-,28-20+/t26-,27-,32+,33-,36-/m0/s1. The molecule has 0 spiro atoms. The first-order chi connectivity index (χ1) is 23.9. The molecule has 13 heteroatoms. The number of aromatic nitrogens is 2. The summed E-state index contributed by atoms with van der Waals surface area (Å²) in [5.41, 5.74) is 2.02. The number of amides is 2. The van der Waals surface area contributed by atoms with E-state index in [4.69, 9.17) is 9.47 Å². The zero-order valence-electron chi connectivity index (χ0n) is 29.6. The molecule has 3 aliphatic rings. The molecule has 2 saturated heterocycles. The minimum Gasteiger partial charge on any atom is -0.457 e. The fourth-order valence-electron chi connectivity index (χ4n) is 6.68. The van der Waals surface area contributed by atoms with Crippen LogP contribution in [0, 0.1) is 17.7 Å². The van der Waals surface area contributed by atoms with E-state index in [1.54, 1.807) is 32.9 Å². The van der Waals surface area contributed by atoms with E-state index < -0.39 is 30.1 Å². The SMILES string of the molecule is C/C(=C\c1cc(F)cc(N2CCN(C(=O)Cn3cccn3)CC2)c1)[C@H]1OC(=O)C[C@H](O)CC[C@H](C)[C@@H](OC(=O)N2CCN(C)CC2)/C=C\[C@@H]1C. The topological polar surface area (TPSA) is 121 Å². The van der Waals surface area contributed by atoms with Crippen LogP contribution in [-0.4, -0.2) is 125 Å². The van der Waals surface area contributed by atoms with E-state index in [-0.39, 0.29) is 36.8 Å². The van der Waals surface area contributed by atoms with Crippen LogP contribution in [0.25, 0.3) is 6.08 Å². The number of carbonyl (C=O) groups excluding carboxylic acids is 3. The van der Waals surface area contributed by atoms with Crippen LogP contribution in [0.3, 0.4) is 0 Å². The number of aliphatic hydroxyl groups is 1. The molecule has 0 radical (unpaired) electrons. The van der Waals surface area contributed by atoms with Gasteiger partial charge in [-0.15, -0.1) is 0 Å². The maximum absolute atomic E-state index is 15.0. The molecule has 0 bridgehead atoms. The van der Waals surface area contributed by atoms with Crippen LogP contribution in [-0.2, 0) is 25.6 Å². The highest BCUT2D eigenvalue weighted by Gasteiger charge is 2.29. The summed E-state index contributed by atoms with van der Waals surface area (Å²) in [7, 11) is 2.03. The maximum Gasteiger partial charge on any atom is 0.410 e. The third-order valence-electron chi connectivity index (χ3n) is 9.86. The van der Waals surface area contributed by atoms with Crippen molar-refractivity contribution in [2.45, 2.75) is 64.9 Å². The molecule has 1 aromatic carbocycles. The number of hydrogen-bond acceptors (Lipinski definition) is 9. The normalized spacial score (nSPS) is 26.8. The Bertz CT molecular complexity index is 1520. The van der Waals surface area contributed by atoms with Gasteiger partial charge in [-0.05, 0) is 74.2 Å². The molecule has 4 heterocycles. The second-order valence-electron chi connectivity index (χ2n) is 13.9. The Morgan fingerprint density at radius 2 is 1.74 bits per heavy atom. The van der Waals surface area contributed by atoms with E-state index in [1.807, 2.05) is 52.1 Å². The van der Waals surface area contributed by atoms with Crippen LogP contribution < -0.4 is 4.90 Å². The van der Waals surface area contributed by atoms with Crippen LogP contribution in [0.2, 0.25) is 0 Å². The molecule has 1 aromatic heterocycles. The number of likely N-dealkylation sites (N-methyl/N-ethyl adjacent to an activating group) is 1. The van der Waals surface area contributed by atoms with Gasteiger partial charge >= 0.3 is 12.1 Å². The third-order valence-corrected chi connectivity index (χ3v) is 9.86. The second-order valence-corrected chi connectivity index (χ2v) is 13.9. The van der Waals surface area contributed by atoms with Crippen molar-refractivity contribution >= 4 is 29.7 Å². The van der Waals surface area contributed by atoms with E-state index in [1.165, 1.54) is 12.1 Å². The van der Waals surface area contributed by atoms with Gasteiger partial charge in [-0.3, -0.25) is 14.3 Å². The summed E-state index contributed by atoms with van der Waals surface area (Å²) in [6, 6.07) is 6.60. The van der Waals surface area contributed by atoms with Gasteiger partial charge in [-0.25, -0.2) is 9.18 Å². The van der Waals surface area contributed by atoms with Gasteiger partial charge in [0.15, 0.2) is 0 Å². The van der Waals surface area contributed by atoms with Crippen molar-refractivity contribution in [3.8, 4) is 0 Å². The number of anilines is 1. The molecule has 2 aromatic rings. The first-order valence-corrected chi connectivity index (χ1v) is 17.6. The lowest BCUT2D eigenvalue weighted by Gasteiger charge is -2.36. The monoisotopic (exact) mass is 694 g/mol. The van der Waals surface area contributed by atoms with Crippen LogP contribution in [0.1, 0.15) is 45.6 Å². The lowest BCUT2D eigenvalue weighted by Crippen LogP contribution is -2.49. The lowest BCUT2D eigenvalue weighted by atomic mass is 9.91. The number of ether oxygens (including phenoxy) is 2. The molecule has 0 unspecified atom stereocenters. The summed E-state index contributed by atoms with van der Waals surface area (Å²) in [6.45, 7) is 10.8. The Kier molecular flexibility index (Phi) is 12.7. The molecule has 0 aliphatic carbocycles. The summed E-state index contributed by atoms with van der Waals surface area (Å²) < 4.78 is 28.6. The number of nitrogens with zero attached hydrogens (tertiary/aromatic N) is 6. The summed E-state index contributed by atoms with van der Waals surface area (Å²) >= 11 is 0. The number of piperazine rings is 2. The van der Waals surface area contributed by atoms with Gasteiger partial charge in [0, 0.05) is 76.4 Å². The number of esters is 1. The third kappa shape index (κ3) is 10.2. The molecule has 272 valence electrons. The van der Waals surface area contributed by atoms with Crippen LogP contribution >= 0.6 is 0 Å². The lowest BCUT2D eigenvalue weighted by molar-refractivity contribution is -0.151. The van der Waals surface area contributed by atoms with Crippen molar-refractivity contribution in [1.82, 2.24) is 24.5 Å². The Balaban J connectivity index is 1.30. The molecule has 3 aliphatic heterocycles. The molecule has 5 atom stereocenters. The smallest absolute Gasteiger partial charge is 0.410 e. The number of aliphatic hydroxyl groups excluding tert-OH is 1. The quantitative estimate of drug-likeness (QED) is 0.356. The average molecular weight is 695 g/mol. The van der Waals surface area contributed by atoms with E-state index in [9.17, 15) is 19.5 Å².